The standard InChI is InChI=1S/C19H24ClF3N2O4S/c1-12(17-3-2-10-29-17)24-18(26)13-6-8-25(9-7-13)30(27,28)14-4-5-16(20)15(11-14)19(21,22)23/h4-5,11-13,17H,2-3,6-10H2,1H3,(H,24,26). The van der Waals surface area contributed by atoms with E-state index in [0.717, 1.165) is 29.3 Å². The van der Waals surface area contributed by atoms with Gasteiger partial charge in [0.15, 0.2) is 0 Å². The second-order valence-corrected chi connectivity index (χ2v) is 10.0. The van der Waals surface area contributed by atoms with Crippen LogP contribution in [-0.4, -0.2) is 50.5 Å². The lowest BCUT2D eigenvalue weighted by Crippen LogP contribution is -2.47. The van der Waals surface area contributed by atoms with Crippen LogP contribution in [0.3, 0.4) is 0 Å². The molecule has 0 saturated carbocycles. The topological polar surface area (TPSA) is 75.7 Å². The van der Waals surface area contributed by atoms with Crippen LogP contribution in [0.1, 0.15) is 38.2 Å². The second kappa shape index (κ2) is 9.02. The van der Waals surface area contributed by atoms with Crippen molar-refractivity contribution < 1.29 is 31.1 Å². The van der Waals surface area contributed by atoms with Crippen LogP contribution in [0.15, 0.2) is 23.1 Å². The van der Waals surface area contributed by atoms with E-state index in [2.05, 4.69) is 5.32 Å². The Labute approximate surface area is 178 Å². The van der Waals surface area contributed by atoms with Crippen LogP contribution in [0.4, 0.5) is 13.2 Å². The summed E-state index contributed by atoms with van der Waals surface area (Å²) in [6.45, 7) is 2.67. The van der Waals surface area contributed by atoms with Gasteiger partial charge in [0.2, 0.25) is 15.9 Å². The van der Waals surface area contributed by atoms with Crippen molar-refractivity contribution in [1.29, 1.82) is 0 Å². The highest BCUT2D eigenvalue weighted by molar-refractivity contribution is 7.89. The van der Waals surface area contributed by atoms with E-state index in [1.165, 1.54) is 0 Å². The van der Waals surface area contributed by atoms with Crippen LogP contribution in [0.5, 0.6) is 0 Å². The van der Waals surface area contributed by atoms with Crippen LogP contribution in [0, 0.1) is 5.92 Å². The molecule has 2 heterocycles. The lowest BCUT2D eigenvalue weighted by molar-refractivity contribution is -0.137. The second-order valence-electron chi connectivity index (χ2n) is 7.67. The van der Waals surface area contributed by atoms with Crippen molar-refractivity contribution >= 4 is 27.5 Å². The predicted molar refractivity (Wildman–Crippen MR) is 105 cm³/mol. The highest BCUT2D eigenvalue weighted by Crippen LogP contribution is 2.36. The molecule has 2 saturated heterocycles. The minimum absolute atomic E-state index is 0.0119. The number of hydrogen-bond acceptors (Lipinski definition) is 4. The summed E-state index contributed by atoms with van der Waals surface area (Å²) < 4.78 is 71.5. The van der Waals surface area contributed by atoms with Gasteiger partial charge in [0.1, 0.15) is 0 Å². The summed E-state index contributed by atoms with van der Waals surface area (Å²) >= 11 is 5.58. The summed E-state index contributed by atoms with van der Waals surface area (Å²) in [5.41, 5.74) is -1.19. The first-order valence-electron chi connectivity index (χ1n) is 9.79. The molecule has 1 aromatic rings. The van der Waals surface area contributed by atoms with Gasteiger partial charge in [-0.2, -0.15) is 17.5 Å². The first-order chi connectivity index (χ1) is 14.0. The zero-order valence-corrected chi connectivity index (χ0v) is 18.0. The molecule has 2 atom stereocenters. The number of benzene rings is 1. The van der Waals surface area contributed by atoms with E-state index in [-0.39, 0.29) is 37.1 Å². The van der Waals surface area contributed by atoms with E-state index in [0.29, 0.717) is 25.5 Å². The van der Waals surface area contributed by atoms with E-state index < -0.39 is 31.7 Å². The first kappa shape index (κ1) is 23.3. The Bertz CT molecular complexity index is 880. The number of carbonyl (C=O) groups excluding carboxylic acids is 1. The summed E-state index contributed by atoms with van der Waals surface area (Å²) in [4.78, 5) is 12.0. The third-order valence-corrected chi connectivity index (χ3v) is 7.82. The monoisotopic (exact) mass is 468 g/mol. The summed E-state index contributed by atoms with van der Waals surface area (Å²) in [5.74, 6) is -0.503. The first-order valence-corrected chi connectivity index (χ1v) is 11.6. The molecule has 2 fully saturated rings. The van der Waals surface area contributed by atoms with E-state index >= 15 is 0 Å². The van der Waals surface area contributed by atoms with Crippen molar-refractivity contribution in [1.82, 2.24) is 9.62 Å². The van der Waals surface area contributed by atoms with Gasteiger partial charge in [0, 0.05) is 25.6 Å². The number of alkyl halides is 3. The van der Waals surface area contributed by atoms with Gasteiger partial charge in [-0.1, -0.05) is 11.6 Å². The number of nitrogens with one attached hydrogen (secondary N) is 1. The number of sulfonamides is 1. The zero-order valence-electron chi connectivity index (χ0n) is 16.4. The van der Waals surface area contributed by atoms with Gasteiger partial charge in [-0.05, 0) is 50.8 Å². The van der Waals surface area contributed by atoms with Crippen LogP contribution in [0.2, 0.25) is 5.02 Å². The van der Waals surface area contributed by atoms with Gasteiger partial charge < -0.3 is 10.1 Å². The number of rotatable bonds is 5. The Kier molecular flexibility index (Phi) is 7.01. The maximum Gasteiger partial charge on any atom is 0.417 e. The predicted octanol–water partition coefficient (Wildman–Crippen LogP) is 3.44. The fourth-order valence-corrected chi connectivity index (χ4v) is 5.54. The van der Waals surface area contributed by atoms with Crippen molar-refractivity contribution in [3.8, 4) is 0 Å². The Hall–Kier alpha value is -1.36. The molecule has 0 spiro atoms. The maximum absolute atomic E-state index is 13.1. The molecular formula is C19H24ClF3N2O4S. The quantitative estimate of drug-likeness (QED) is 0.718. The molecule has 2 aliphatic rings. The van der Waals surface area contributed by atoms with Crippen molar-refractivity contribution in [2.75, 3.05) is 19.7 Å². The fourth-order valence-electron chi connectivity index (χ4n) is 3.82. The highest BCUT2D eigenvalue weighted by Gasteiger charge is 2.37. The highest BCUT2D eigenvalue weighted by atomic mass is 35.5. The molecule has 1 N–H and O–H groups in total. The van der Waals surface area contributed by atoms with Crippen molar-refractivity contribution in [2.24, 2.45) is 5.92 Å². The SMILES string of the molecule is CC(NC(=O)C1CCN(S(=O)(=O)c2ccc(Cl)c(C(F)(F)F)c2)CC1)C1CCCO1. The van der Waals surface area contributed by atoms with Gasteiger partial charge in [-0.15, -0.1) is 0 Å². The zero-order chi connectivity index (χ0) is 22.1. The van der Waals surface area contributed by atoms with Crippen molar-refractivity contribution in [3.05, 3.63) is 28.8 Å². The molecule has 0 aromatic heterocycles. The molecular weight excluding hydrogens is 445 g/mol. The van der Waals surface area contributed by atoms with Crippen LogP contribution in [0.25, 0.3) is 0 Å². The van der Waals surface area contributed by atoms with Crippen molar-refractivity contribution in [3.63, 3.8) is 0 Å². The molecule has 0 aliphatic carbocycles. The van der Waals surface area contributed by atoms with Gasteiger partial charge in [-0.3, -0.25) is 4.79 Å². The van der Waals surface area contributed by atoms with E-state index in [1.807, 2.05) is 6.92 Å². The molecule has 1 amide bonds. The molecule has 30 heavy (non-hydrogen) atoms. The summed E-state index contributed by atoms with van der Waals surface area (Å²) in [6.07, 6.45) is -2.33. The van der Waals surface area contributed by atoms with E-state index in [4.69, 9.17) is 16.3 Å². The molecule has 11 heteroatoms. The van der Waals surface area contributed by atoms with Crippen LogP contribution in [-0.2, 0) is 25.7 Å². The Balaban J connectivity index is 1.63. The number of halogens is 4. The van der Waals surface area contributed by atoms with Gasteiger partial charge in [0.05, 0.1) is 27.6 Å². The summed E-state index contributed by atoms with van der Waals surface area (Å²) in [5, 5.41) is 2.38. The smallest absolute Gasteiger partial charge is 0.376 e. The molecule has 168 valence electrons. The summed E-state index contributed by atoms with van der Waals surface area (Å²) in [6, 6.07) is 2.43. The minimum Gasteiger partial charge on any atom is -0.376 e. The Morgan fingerprint density at radius 2 is 1.93 bits per heavy atom. The molecule has 6 nitrogen and oxygen atoms in total. The third kappa shape index (κ3) is 5.09. The van der Waals surface area contributed by atoms with Crippen LogP contribution >= 0.6 is 11.6 Å². The number of ether oxygens (including phenoxy) is 1. The largest absolute Gasteiger partial charge is 0.417 e. The van der Waals surface area contributed by atoms with Crippen molar-refractivity contribution in [2.45, 2.75) is 55.8 Å². The average Bonchev–Trinajstić information content (AvgIpc) is 3.22. The Morgan fingerprint density at radius 1 is 1.27 bits per heavy atom. The summed E-state index contributed by atoms with van der Waals surface area (Å²) in [7, 11) is -4.12. The Morgan fingerprint density at radius 3 is 2.50 bits per heavy atom. The van der Waals surface area contributed by atoms with Gasteiger partial charge in [0.25, 0.3) is 0 Å². The number of amides is 1. The van der Waals surface area contributed by atoms with Gasteiger partial charge in [-0.25, -0.2) is 8.42 Å². The van der Waals surface area contributed by atoms with E-state index in [1.54, 1.807) is 0 Å². The lowest BCUT2D eigenvalue weighted by Gasteiger charge is -2.31. The maximum atomic E-state index is 13.1. The van der Waals surface area contributed by atoms with Crippen LogP contribution < -0.4 is 5.32 Å². The fraction of sp³-hybridized carbons (Fsp3) is 0.632. The molecule has 1 aromatic carbocycles. The number of nitrogens with zero attached hydrogens (tertiary/aromatic N) is 1. The molecule has 2 unspecified atom stereocenters. The molecule has 0 bridgehead atoms. The van der Waals surface area contributed by atoms with E-state index in [9.17, 15) is 26.4 Å². The molecule has 3 rings (SSSR count). The average molecular weight is 469 g/mol. The molecule has 0 radical (unpaired) electrons. The number of carbonyl (C=O) groups is 1. The lowest BCUT2D eigenvalue weighted by atomic mass is 9.96. The molecule has 2 aliphatic heterocycles. The normalized spacial score (nSPS) is 22.8. The number of piperidine rings is 1. The van der Waals surface area contributed by atoms with Gasteiger partial charge >= 0.3 is 6.18 Å². The minimum atomic E-state index is -4.76. The third-order valence-electron chi connectivity index (χ3n) is 5.60. The number of hydrogen-bond donors (Lipinski definition) is 1.